The van der Waals surface area contributed by atoms with Crippen molar-refractivity contribution in [2.75, 3.05) is 0 Å². The second kappa shape index (κ2) is 9.38. The van der Waals surface area contributed by atoms with Crippen LogP contribution >= 0.6 is 0 Å². The molecule has 0 saturated heterocycles. The SMILES string of the molecule is O=C1C=CC=CC1=CNC1CCCCC1NC=C1C=CC=CC1=O.[Ni]. The molecule has 0 aromatic carbocycles. The number of carbonyl (C=O) groups excluding carboxylic acids is 2. The van der Waals surface area contributed by atoms with E-state index in [0.717, 1.165) is 12.8 Å². The number of nitrogens with one attached hydrogen (secondary N) is 2. The molecule has 3 aliphatic rings. The van der Waals surface area contributed by atoms with E-state index in [0.29, 0.717) is 11.1 Å². The molecule has 5 heteroatoms. The summed E-state index contributed by atoms with van der Waals surface area (Å²) in [4.78, 5) is 23.6. The Morgan fingerprint density at radius 1 is 0.720 bits per heavy atom. The predicted molar refractivity (Wildman–Crippen MR) is 95.1 cm³/mol. The second-order valence-corrected chi connectivity index (χ2v) is 6.20. The molecule has 1 saturated carbocycles. The van der Waals surface area contributed by atoms with Crippen LogP contribution in [0, 0.1) is 0 Å². The van der Waals surface area contributed by atoms with Crippen LogP contribution in [0.5, 0.6) is 0 Å². The Hall–Kier alpha value is -2.13. The molecule has 0 amide bonds. The third-order valence-electron chi connectivity index (χ3n) is 4.51. The standard InChI is InChI=1S/C20H22N2O2.Ni/c23-19-11-5-1-7-15(19)13-21-17-9-3-4-10-18(17)22-14-16-8-2-6-12-20(16)24;/h1-2,5-8,11-14,17-18,21-22H,3-4,9-10H2;. The van der Waals surface area contributed by atoms with Crippen LogP contribution in [-0.2, 0) is 26.1 Å². The maximum atomic E-state index is 11.8. The first-order valence-electron chi connectivity index (χ1n) is 8.44. The summed E-state index contributed by atoms with van der Waals surface area (Å²) in [6, 6.07) is 0.488. The molecule has 0 heterocycles. The van der Waals surface area contributed by atoms with Gasteiger partial charge in [0.1, 0.15) is 0 Å². The van der Waals surface area contributed by atoms with E-state index in [9.17, 15) is 9.59 Å². The van der Waals surface area contributed by atoms with Crippen LogP contribution in [0.25, 0.3) is 0 Å². The number of ketones is 2. The Bertz CT molecular complexity index is 638. The van der Waals surface area contributed by atoms with E-state index >= 15 is 0 Å². The third-order valence-corrected chi connectivity index (χ3v) is 4.51. The number of allylic oxidation sites excluding steroid dienone is 10. The monoisotopic (exact) mass is 380 g/mol. The van der Waals surface area contributed by atoms with Gasteiger partial charge in [-0.25, -0.2) is 0 Å². The molecule has 1 fully saturated rings. The molecule has 0 radical (unpaired) electrons. The van der Waals surface area contributed by atoms with Gasteiger partial charge < -0.3 is 10.6 Å². The van der Waals surface area contributed by atoms with Crippen molar-refractivity contribution in [3.05, 3.63) is 72.2 Å². The van der Waals surface area contributed by atoms with Crippen LogP contribution in [0.4, 0.5) is 0 Å². The largest absolute Gasteiger partial charge is 0.386 e. The Labute approximate surface area is 158 Å². The van der Waals surface area contributed by atoms with Crippen molar-refractivity contribution in [3.8, 4) is 0 Å². The molecule has 3 rings (SSSR count). The Balaban J connectivity index is 0.00000225. The molecule has 0 aromatic heterocycles. The van der Waals surface area contributed by atoms with E-state index in [-0.39, 0.29) is 40.1 Å². The van der Waals surface area contributed by atoms with Gasteiger partial charge in [-0.2, -0.15) is 0 Å². The summed E-state index contributed by atoms with van der Waals surface area (Å²) in [6.45, 7) is 0. The maximum Gasteiger partial charge on any atom is 0.187 e. The Morgan fingerprint density at radius 3 is 1.52 bits per heavy atom. The van der Waals surface area contributed by atoms with Crippen molar-refractivity contribution in [3.63, 3.8) is 0 Å². The molecule has 2 atom stereocenters. The first kappa shape index (κ1) is 19.2. The predicted octanol–water partition coefficient (Wildman–Crippen LogP) is 2.63. The van der Waals surface area contributed by atoms with Crippen molar-refractivity contribution >= 4 is 11.6 Å². The van der Waals surface area contributed by atoms with Gasteiger partial charge in [0, 0.05) is 52.1 Å². The van der Waals surface area contributed by atoms with Crippen molar-refractivity contribution in [2.24, 2.45) is 0 Å². The van der Waals surface area contributed by atoms with Crippen molar-refractivity contribution in [1.82, 2.24) is 10.6 Å². The zero-order chi connectivity index (χ0) is 16.8. The first-order valence-corrected chi connectivity index (χ1v) is 8.44. The molecule has 134 valence electrons. The third kappa shape index (κ3) is 5.17. The molecule has 3 aliphatic carbocycles. The average molecular weight is 381 g/mol. The van der Waals surface area contributed by atoms with Gasteiger partial charge in [0.25, 0.3) is 0 Å². The molecular formula is C20H22N2NiO2. The Kier molecular flexibility index (Phi) is 7.21. The molecule has 0 bridgehead atoms. The average Bonchev–Trinajstić information content (AvgIpc) is 2.61. The van der Waals surface area contributed by atoms with Gasteiger partial charge in [0.15, 0.2) is 11.6 Å². The number of hydrogen-bond donors (Lipinski definition) is 2. The summed E-state index contributed by atoms with van der Waals surface area (Å²) in [6.07, 6.45) is 22.1. The van der Waals surface area contributed by atoms with E-state index in [1.165, 1.54) is 12.8 Å². The smallest absolute Gasteiger partial charge is 0.187 e. The minimum absolute atomic E-state index is 0. The normalized spacial score (nSPS) is 28.3. The molecular weight excluding hydrogens is 359 g/mol. The fourth-order valence-corrected chi connectivity index (χ4v) is 3.12. The zero-order valence-electron chi connectivity index (χ0n) is 13.9. The van der Waals surface area contributed by atoms with Gasteiger partial charge in [-0.3, -0.25) is 9.59 Å². The van der Waals surface area contributed by atoms with Crippen LogP contribution < -0.4 is 10.6 Å². The van der Waals surface area contributed by atoms with Crippen molar-refractivity contribution in [2.45, 2.75) is 37.8 Å². The molecule has 2 N–H and O–H groups in total. The van der Waals surface area contributed by atoms with Gasteiger partial charge in [0.05, 0.1) is 0 Å². The van der Waals surface area contributed by atoms with Gasteiger partial charge in [0.2, 0.25) is 0 Å². The quantitative estimate of drug-likeness (QED) is 0.581. The summed E-state index contributed by atoms with van der Waals surface area (Å²) in [5.41, 5.74) is 1.35. The molecule has 25 heavy (non-hydrogen) atoms. The van der Waals surface area contributed by atoms with Crippen molar-refractivity contribution < 1.29 is 26.1 Å². The summed E-state index contributed by atoms with van der Waals surface area (Å²) in [7, 11) is 0. The molecule has 4 nitrogen and oxygen atoms in total. The second-order valence-electron chi connectivity index (χ2n) is 6.20. The minimum atomic E-state index is 0. The minimum Gasteiger partial charge on any atom is -0.386 e. The summed E-state index contributed by atoms with van der Waals surface area (Å²) < 4.78 is 0. The van der Waals surface area contributed by atoms with E-state index in [4.69, 9.17) is 0 Å². The topological polar surface area (TPSA) is 58.2 Å². The summed E-state index contributed by atoms with van der Waals surface area (Å²) >= 11 is 0. The molecule has 2 unspecified atom stereocenters. The number of rotatable bonds is 4. The van der Waals surface area contributed by atoms with Gasteiger partial charge in [-0.05, 0) is 37.1 Å². The number of hydrogen-bond acceptors (Lipinski definition) is 4. The van der Waals surface area contributed by atoms with E-state index in [2.05, 4.69) is 10.6 Å². The summed E-state index contributed by atoms with van der Waals surface area (Å²) in [5.74, 6) is 0.0503. The maximum absolute atomic E-state index is 11.8. The molecule has 0 aromatic rings. The van der Waals surface area contributed by atoms with Crippen LogP contribution in [0.3, 0.4) is 0 Å². The van der Waals surface area contributed by atoms with Gasteiger partial charge in [-0.15, -0.1) is 0 Å². The van der Waals surface area contributed by atoms with E-state index in [1.807, 2.05) is 36.7 Å². The van der Waals surface area contributed by atoms with Gasteiger partial charge >= 0.3 is 0 Å². The first-order chi connectivity index (χ1) is 11.7. The fraction of sp³-hybridized carbons (Fsp3) is 0.300. The Morgan fingerprint density at radius 2 is 1.12 bits per heavy atom. The number of carbonyl (C=O) groups is 2. The van der Waals surface area contributed by atoms with E-state index in [1.54, 1.807) is 24.3 Å². The summed E-state index contributed by atoms with van der Waals surface area (Å²) in [5, 5.41) is 6.79. The van der Waals surface area contributed by atoms with E-state index < -0.39 is 0 Å². The molecule has 0 spiro atoms. The van der Waals surface area contributed by atoms with Crippen LogP contribution in [0.15, 0.2) is 72.2 Å². The van der Waals surface area contributed by atoms with Crippen molar-refractivity contribution in [1.29, 1.82) is 0 Å². The van der Waals surface area contributed by atoms with Crippen LogP contribution in [0.1, 0.15) is 25.7 Å². The van der Waals surface area contributed by atoms with Crippen LogP contribution in [-0.4, -0.2) is 23.7 Å². The van der Waals surface area contributed by atoms with Crippen LogP contribution in [0.2, 0.25) is 0 Å². The molecule has 0 aliphatic heterocycles. The fourth-order valence-electron chi connectivity index (χ4n) is 3.12. The zero-order valence-corrected chi connectivity index (χ0v) is 14.9. The van der Waals surface area contributed by atoms with Gasteiger partial charge in [-0.1, -0.05) is 37.1 Å².